The van der Waals surface area contributed by atoms with E-state index in [2.05, 4.69) is 4.74 Å². The van der Waals surface area contributed by atoms with E-state index >= 15 is 0 Å². The molecule has 1 N–H and O–H groups in total. The van der Waals surface area contributed by atoms with Crippen LogP contribution in [0.3, 0.4) is 0 Å². The third-order valence-corrected chi connectivity index (χ3v) is 5.25. The second kappa shape index (κ2) is 9.26. The SMILES string of the molecule is O=C1CC(S(=O)(=O)O)=CC=C1OC(=C(C(F)(C(F)(F)F)C(F)(F)F)C(F)(C(F)(F)F)C(F)(F)F)C(F)(F)F. The molecule has 0 bridgehead atoms. The molecule has 0 aromatic carbocycles. The lowest BCUT2D eigenvalue weighted by Crippen LogP contribution is -2.66. The minimum Gasteiger partial charge on any atom is -0.448 e. The van der Waals surface area contributed by atoms with E-state index in [1.54, 1.807) is 0 Å². The topological polar surface area (TPSA) is 80.7 Å². The molecule has 0 saturated carbocycles. The van der Waals surface area contributed by atoms with Crippen molar-refractivity contribution in [2.45, 2.75) is 48.6 Å². The zero-order chi connectivity index (χ0) is 30.7. The van der Waals surface area contributed by atoms with Crippen molar-refractivity contribution in [2.24, 2.45) is 0 Å². The van der Waals surface area contributed by atoms with Crippen LogP contribution in [0.1, 0.15) is 6.42 Å². The van der Waals surface area contributed by atoms with Gasteiger partial charge in [0, 0.05) is 0 Å². The van der Waals surface area contributed by atoms with Crippen molar-refractivity contribution < 1.29 is 97.1 Å². The highest BCUT2D eigenvalue weighted by molar-refractivity contribution is 7.89. The van der Waals surface area contributed by atoms with Crippen LogP contribution in [0.15, 0.2) is 34.1 Å². The molecule has 0 amide bonds. The van der Waals surface area contributed by atoms with Crippen LogP contribution in [-0.4, -0.2) is 61.0 Å². The molecule has 0 atom stereocenters. The van der Waals surface area contributed by atoms with Crippen molar-refractivity contribution in [2.75, 3.05) is 0 Å². The number of Topliss-reactive ketones (excluding diaryl/α,β-unsaturated/α-hetero) is 1. The molecule has 0 heterocycles. The number of ether oxygens (including phenoxy) is 1. The Morgan fingerprint density at radius 2 is 1.03 bits per heavy atom. The first-order valence-electron chi connectivity index (χ1n) is 8.41. The Labute approximate surface area is 196 Å². The summed E-state index contributed by atoms with van der Waals surface area (Å²) in [5.74, 6) is -9.66. The van der Waals surface area contributed by atoms with Crippen molar-refractivity contribution in [3.05, 3.63) is 34.1 Å². The van der Waals surface area contributed by atoms with Crippen LogP contribution in [0.2, 0.25) is 0 Å². The first kappa shape index (κ1) is 33.4. The monoisotopic (exact) mass is 620 g/mol. The maximum Gasteiger partial charge on any atom is 0.449 e. The summed E-state index contributed by atoms with van der Waals surface area (Å²) in [7, 11) is -5.39. The van der Waals surface area contributed by atoms with Gasteiger partial charge in [0.05, 0.1) is 16.9 Å². The zero-order valence-corrected chi connectivity index (χ0v) is 17.6. The number of allylic oxidation sites excluding steroid dienone is 6. The smallest absolute Gasteiger partial charge is 0.448 e. The summed E-state index contributed by atoms with van der Waals surface area (Å²) in [4.78, 5) is 10.3. The number of hydrogen-bond donors (Lipinski definition) is 1. The molecule has 0 saturated heterocycles. The lowest BCUT2D eigenvalue weighted by molar-refractivity contribution is -0.366. The molecule has 5 nitrogen and oxygen atoms in total. The van der Waals surface area contributed by atoms with Gasteiger partial charge >= 0.3 is 42.2 Å². The Morgan fingerprint density at radius 1 is 0.684 bits per heavy atom. The molecule has 0 aromatic heterocycles. The lowest BCUT2D eigenvalue weighted by Gasteiger charge is -2.41. The maximum atomic E-state index is 14.5. The quantitative estimate of drug-likeness (QED) is 0.228. The minimum absolute atomic E-state index is 0.174. The van der Waals surface area contributed by atoms with Crippen molar-refractivity contribution >= 4 is 15.9 Å². The highest BCUT2D eigenvalue weighted by Crippen LogP contribution is 2.63. The number of carbonyl (C=O) groups excluding carboxylic acids is 1. The Morgan fingerprint density at radius 3 is 1.26 bits per heavy atom. The molecule has 0 radical (unpaired) electrons. The van der Waals surface area contributed by atoms with E-state index in [-0.39, 0.29) is 6.08 Å². The van der Waals surface area contributed by atoms with E-state index in [0.29, 0.717) is 0 Å². The summed E-state index contributed by atoms with van der Waals surface area (Å²) in [6.07, 6.45) is -42.9. The largest absolute Gasteiger partial charge is 0.449 e. The number of alkyl halides is 17. The molecule has 1 aliphatic carbocycles. The number of rotatable bonds is 5. The standard InChI is InChI=1S/C15H5F17O5S/c16-9(12(21,22)23,13(24,25)26)7(10(17,14(27,28)29)15(30,31)32)8(11(18,19)20)37-6-2-1-4(3-5(6)33)38(34,35)36/h1-2H,3H2,(H,34,35,36). The molecule has 1 rings (SSSR count). The molecule has 23 heteroatoms. The van der Waals surface area contributed by atoms with Crippen LogP contribution in [0.4, 0.5) is 74.6 Å². The third-order valence-electron chi connectivity index (χ3n) is 4.31. The number of ketones is 1. The molecule has 38 heavy (non-hydrogen) atoms. The van der Waals surface area contributed by atoms with Crippen LogP contribution in [-0.2, 0) is 19.6 Å². The Balaban J connectivity index is 4.49. The van der Waals surface area contributed by atoms with Crippen molar-refractivity contribution in [1.82, 2.24) is 0 Å². The van der Waals surface area contributed by atoms with Gasteiger partial charge in [0.25, 0.3) is 10.1 Å². The second-order valence-corrected chi connectivity index (χ2v) is 8.33. The van der Waals surface area contributed by atoms with E-state index in [1.165, 1.54) is 0 Å². The fourth-order valence-electron chi connectivity index (χ4n) is 2.63. The van der Waals surface area contributed by atoms with Crippen LogP contribution in [0.25, 0.3) is 0 Å². The third kappa shape index (κ3) is 5.71. The van der Waals surface area contributed by atoms with E-state index in [9.17, 15) is 87.8 Å². The highest BCUT2D eigenvalue weighted by atomic mass is 32.2. The summed E-state index contributed by atoms with van der Waals surface area (Å²) in [5, 5.41) is 0. The predicted octanol–water partition coefficient (Wildman–Crippen LogP) is 6.11. The molecular weight excluding hydrogens is 615 g/mol. The number of halogens is 17. The van der Waals surface area contributed by atoms with Gasteiger partial charge in [0.2, 0.25) is 11.5 Å². The van der Waals surface area contributed by atoms with Gasteiger partial charge in [-0.3, -0.25) is 9.35 Å². The summed E-state index contributed by atoms with van der Waals surface area (Å²) >= 11 is 0. The first-order chi connectivity index (χ1) is 16.3. The maximum absolute atomic E-state index is 14.5. The van der Waals surface area contributed by atoms with Crippen LogP contribution in [0, 0.1) is 0 Å². The van der Waals surface area contributed by atoms with Gasteiger partial charge in [0.15, 0.2) is 5.76 Å². The van der Waals surface area contributed by atoms with Gasteiger partial charge in [0.1, 0.15) is 0 Å². The summed E-state index contributed by atoms with van der Waals surface area (Å²) < 4.78 is 260. The lowest BCUT2D eigenvalue weighted by atomic mass is 9.79. The Hall–Kier alpha value is -2.59. The zero-order valence-electron chi connectivity index (χ0n) is 16.8. The summed E-state index contributed by atoms with van der Waals surface area (Å²) in [6.45, 7) is 0. The van der Waals surface area contributed by atoms with Crippen LogP contribution < -0.4 is 0 Å². The highest BCUT2D eigenvalue weighted by Gasteiger charge is 2.88. The Bertz CT molecular complexity index is 1090. The van der Waals surface area contributed by atoms with Crippen LogP contribution in [0.5, 0.6) is 0 Å². The fraction of sp³-hybridized carbons (Fsp3) is 0.533. The van der Waals surface area contributed by atoms with Gasteiger partial charge in [-0.25, -0.2) is 8.78 Å². The van der Waals surface area contributed by atoms with Gasteiger partial charge in [-0.1, -0.05) is 0 Å². The van der Waals surface area contributed by atoms with Gasteiger partial charge in [-0.15, -0.1) is 0 Å². The summed E-state index contributed by atoms with van der Waals surface area (Å²) in [6, 6.07) is 0. The van der Waals surface area contributed by atoms with Gasteiger partial charge in [-0.05, 0) is 12.2 Å². The van der Waals surface area contributed by atoms with Crippen LogP contribution >= 0.6 is 0 Å². The van der Waals surface area contributed by atoms with Crippen molar-refractivity contribution in [1.29, 1.82) is 0 Å². The predicted molar refractivity (Wildman–Crippen MR) is 83.4 cm³/mol. The number of carbonyl (C=O) groups is 1. The molecule has 0 aromatic rings. The van der Waals surface area contributed by atoms with Crippen molar-refractivity contribution in [3.8, 4) is 0 Å². The van der Waals surface area contributed by atoms with E-state index in [0.717, 1.165) is 0 Å². The van der Waals surface area contributed by atoms with E-state index in [1.807, 2.05) is 0 Å². The molecule has 1 aliphatic rings. The molecule has 0 fully saturated rings. The normalized spacial score (nSPS) is 17.2. The summed E-state index contributed by atoms with van der Waals surface area (Å²) in [5.41, 5.74) is -22.6. The average molecular weight is 620 g/mol. The second-order valence-electron chi connectivity index (χ2n) is 6.85. The van der Waals surface area contributed by atoms with E-state index in [4.69, 9.17) is 4.55 Å². The minimum atomic E-state index is -8.43. The molecule has 0 spiro atoms. The average Bonchev–Trinajstić information content (AvgIpc) is 2.62. The molecule has 0 aliphatic heterocycles. The first-order valence-corrected chi connectivity index (χ1v) is 9.85. The molecule has 0 unspecified atom stereocenters. The molecular formula is C15H5F17O5S. The Kier molecular flexibility index (Phi) is 8.15. The van der Waals surface area contributed by atoms with E-state index < -0.39 is 92.6 Å². The fourth-order valence-corrected chi connectivity index (χ4v) is 3.19. The van der Waals surface area contributed by atoms with Crippen molar-refractivity contribution in [3.63, 3.8) is 0 Å². The number of hydrogen-bond acceptors (Lipinski definition) is 4. The van der Waals surface area contributed by atoms with Gasteiger partial charge < -0.3 is 4.74 Å². The van der Waals surface area contributed by atoms with Gasteiger partial charge in [-0.2, -0.15) is 74.3 Å². The molecule has 220 valence electrons.